The number of carboxylic acids is 1. The van der Waals surface area contributed by atoms with Crippen LogP contribution < -0.4 is 15.1 Å². The predicted molar refractivity (Wildman–Crippen MR) is 70.5 cm³/mol. The van der Waals surface area contributed by atoms with Crippen molar-refractivity contribution in [3.05, 3.63) is 46.3 Å². The summed E-state index contributed by atoms with van der Waals surface area (Å²) in [5.74, 6) is -0.0470. The third-order valence-electron chi connectivity index (χ3n) is 2.72. The fourth-order valence-electron chi connectivity index (χ4n) is 1.72. The molecule has 1 aromatic heterocycles. The molecule has 104 valence electrons. The van der Waals surface area contributed by atoms with Crippen molar-refractivity contribution in [2.24, 2.45) is 0 Å². The third kappa shape index (κ3) is 2.49. The van der Waals surface area contributed by atoms with Crippen LogP contribution in [0.1, 0.15) is 10.4 Å². The molecule has 1 heterocycles. The number of methoxy groups -OCH3 is 2. The molecule has 2 rings (SSSR count). The summed E-state index contributed by atoms with van der Waals surface area (Å²) in [7, 11) is 3.00. The van der Waals surface area contributed by atoms with Crippen LogP contribution >= 0.6 is 0 Å². The highest BCUT2D eigenvalue weighted by molar-refractivity contribution is 5.87. The molecule has 0 aliphatic heterocycles. The Morgan fingerprint density at radius 3 is 2.35 bits per heavy atom. The first kappa shape index (κ1) is 13.7. The summed E-state index contributed by atoms with van der Waals surface area (Å²) in [5.41, 5.74) is -0.726. The van der Waals surface area contributed by atoms with Gasteiger partial charge in [-0.05, 0) is 30.3 Å². The summed E-state index contributed by atoms with van der Waals surface area (Å²) >= 11 is 0. The van der Waals surface area contributed by atoms with Gasteiger partial charge < -0.3 is 19.0 Å². The molecule has 1 aromatic carbocycles. The lowest BCUT2D eigenvalue weighted by molar-refractivity contribution is 0.0692. The molecular formula is C14H12O6. The Kier molecular flexibility index (Phi) is 3.74. The second-order valence-electron chi connectivity index (χ2n) is 3.88. The van der Waals surface area contributed by atoms with Crippen LogP contribution in [0.3, 0.4) is 0 Å². The van der Waals surface area contributed by atoms with Gasteiger partial charge in [0.25, 0.3) is 0 Å². The number of hydrogen-bond acceptors (Lipinski definition) is 5. The van der Waals surface area contributed by atoms with Crippen molar-refractivity contribution in [2.45, 2.75) is 0 Å². The van der Waals surface area contributed by atoms with Crippen LogP contribution in [0.15, 0.2) is 39.5 Å². The van der Waals surface area contributed by atoms with Gasteiger partial charge in [-0.15, -0.1) is 0 Å². The number of aromatic carboxylic acids is 1. The summed E-state index contributed by atoms with van der Waals surface area (Å²) in [6.07, 6.45) is 0. The normalized spacial score (nSPS) is 10.1. The summed E-state index contributed by atoms with van der Waals surface area (Å²) in [6, 6.07) is 7.61. The number of carbonyl (C=O) groups is 1. The van der Waals surface area contributed by atoms with Crippen LogP contribution in [0.2, 0.25) is 0 Å². The fraction of sp³-hybridized carbons (Fsp3) is 0.143. The number of ether oxygens (including phenoxy) is 2. The molecule has 0 radical (unpaired) electrons. The van der Waals surface area contributed by atoms with Gasteiger partial charge in [0, 0.05) is 5.56 Å². The van der Waals surface area contributed by atoms with Crippen LogP contribution in [-0.4, -0.2) is 25.3 Å². The lowest BCUT2D eigenvalue weighted by atomic mass is 10.1. The zero-order valence-corrected chi connectivity index (χ0v) is 10.9. The molecule has 6 nitrogen and oxygen atoms in total. The van der Waals surface area contributed by atoms with E-state index in [0.717, 1.165) is 0 Å². The molecule has 0 saturated carbocycles. The maximum atomic E-state index is 11.5. The minimum Gasteiger partial charge on any atom is -0.493 e. The molecule has 6 heteroatoms. The van der Waals surface area contributed by atoms with Gasteiger partial charge in [0.1, 0.15) is 11.3 Å². The zero-order valence-electron chi connectivity index (χ0n) is 10.9. The van der Waals surface area contributed by atoms with Crippen molar-refractivity contribution in [1.82, 2.24) is 0 Å². The van der Waals surface area contributed by atoms with Crippen molar-refractivity contribution in [3.8, 4) is 22.8 Å². The van der Waals surface area contributed by atoms with Gasteiger partial charge in [-0.25, -0.2) is 9.59 Å². The molecule has 20 heavy (non-hydrogen) atoms. The van der Waals surface area contributed by atoms with Gasteiger partial charge >= 0.3 is 11.6 Å². The maximum Gasteiger partial charge on any atom is 0.350 e. The summed E-state index contributed by atoms with van der Waals surface area (Å²) in [5, 5.41) is 8.78. The SMILES string of the molecule is COc1ccc(-c2ccc(C(=O)O)c(=O)o2)cc1OC. The summed E-state index contributed by atoms with van der Waals surface area (Å²) in [4.78, 5) is 22.3. The largest absolute Gasteiger partial charge is 0.493 e. The average molecular weight is 276 g/mol. The van der Waals surface area contributed by atoms with Crippen LogP contribution in [0.5, 0.6) is 11.5 Å². The maximum absolute atomic E-state index is 11.5. The van der Waals surface area contributed by atoms with Gasteiger partial charge in [0.05, 0.1) is 14.2 Å². The Morgan fingerprint density at radius 1 is 1.10 bits per heavy atom. The molecule has 0 aliphatic carbocycles. The van der Waals surface area contributed by atoms with Crippen LogP contribution in [-0.2, 0) is 0 Å². The van der Waals surface area contributed by atoms with Gasteiger partial charge in [-0.2, -0.15) is 0 Å². The molecule has 0 unspecified atom stereocenters. The summed E-state index contributed by atoms with van der Waals surface area (Å²) in [6.45, 7) is 0. The van der Waals surface area contributed by atoms with Crippen molar-refractivity contribution in [3.63, 3.8) is 0 Å². The minimum atomic E-state index is -1.32. The lowest BCUT2D eigenvalue weighted by Gasteiger charge is -2.09. The van der Waals surface area contributed by atoms with E-state index < -0.39 is 17.2 Å². The van der Waals surface area contributed by atoms with Crippen LogP contribution in [0, 0.1) is 0 Å². The quantitative estimate of drug-likeness (QED) is 0.919. The molecule has 2 aromatic rings. The first-order valence-corrected chi connectivity index (χ1v) is 5.66. The summed E-state index contributed by atoms with van der Waals surface area (Å²) < 4.78 is 15.3. The van der Waals surface area contributed by atoms with Crippen LogP contribution in [0.4, 0.5) is 0 Å². The van der Waals surface area contributed by atoms with Crippen molar-refractivity contribution in [1.29, 1.82) is 0 Å². The van der Waals surface area contributed by atoms with Crippen molar-refractivity contribution >= 4 is 5.97 Å². The number of benzene rings is 1. The molecule has 0 fully saturated rings. The molecule has 0 saturated heterocycles. The van der Waals surface area contributed by atoms with E-state index in [0.29, 0.717) is 17.1 Å². The number of carboxylic acid groups (broad SMARTS) is 1. The first-order chi connectivity index (χ1) is 9.56. The molecule has 0 aliphatic rings. The fourth-order valence-corrected chi connectivity index (χ4v) is 1.72. The second-order valence-corrected chi connectivity index (χ2v) is 3.88. The average Bonchev–Trinajstić information content (AvgIpc) is 2.45. The predicted octanol–water partition coefficient (Wildman–Crippen LogP) is 2.02. The Morgan fingerprint density at radius 2 is 1.80 bits per heavy atom. The van der Waals surface area contributed by atoms with E-state index in [9.17, 15) is 9.59 Å². The Hall–Kier alpha value is -2.76. The Balaban J connectivity index is 2.49. The minimum absolute atomic E-state index is 0.251. The topological polar surface area (TPSA) is 86.0 Å². The highest BCUT2D eigenvalue weighted by atomic mass is 16.5. The monoisotopic (exact) mass is 276 g/mol. The van der Waals surface area contributed by atoms with E-state index in [1.54, 1.807) is 18.2 Å². The molecule has 0 bridgehead atoms. The third-order valence-corrected chi connectivity index (χ3v) is 2.72. The van der Waals surface area contributed by atoms with E-state index in [4.69, 9.17) is 19.0 Å². The standard InChI is InChI=1S/C14H12O6/c1-18-11-5-3-8(7-12(11)19-2)10-6-4-9(13(15)16)14(17)20-10/h3-7H,1-2H3,(H,15,16). The van der Waals surface area contributed by atoms with E-state index in [1.165, 1.54) is 26.4 Å². The molecular weight excluding hydrogens is 264 g/mol. The Bertz CT molecular complexity index is 701. The molecule has 0 spiro atoms. The number of rotatable bonds is 4. The van der Waals surface area contributed by atoms with Crippen molar-refractivity contribution < 1.29 is 23.8 Å². The van der Waals surface area contributed by atoms with Crippen LogP contribution in [0.25, 0.3) is 11.3 Å². The van der Waals surface area contributed by atoms with Crippen molar-refractivity contribution in [2.75, 3.05) is 14.2 Å². The molecule has 1 N–H and O–H groups in total. The van der Waals surface area contributed by atoms with Gasteiger partial charge in [-0.3, -0.25) is 0 Å². The molecule has 0 amide bonds. The van der Waals surface area contributed by atoms with E-state index >= 15 is 0 Å². The van der Waals surface area contributed by atoms with Gasteiger partial charge in [-0.1, -0.05) is 0 Å². The van der Waals surface area contributed by atoms with E-state index in [2.05, 4.69) is 0 Å². The smallest absolute Gasteiger partial charge is 0.350 e. The van der Waals surface area contributed by atoms with Gasteiger partial charge in [0.15, 0.2) is 11.5 Å². The Labute approximate surface area is 114 Å². The van der Waals surface area contributed by atoms with Gasteiger partial charge in [0.2, 0.25) is 0 Å². The molecule has 0 atom stereocenters. The van der Waals surface area contributed by atoms with E-state index in [1.807, 2.05) is 0 Å². The highest BCUT2D eigenvalue weighted by Crippen LogP contribution is 2.31. The second kappa shape index (κ2) is 5.48. The highest BCUT2D eigenvalue weighted by Gasteiger charge is 2.13. The van der Waals surface area contributed by atoms with E-state index in [-0.39, 0.29) is 5.76 Å². The first-order valence-electron chi connectivity index (χ1n) is 5.66. The number of hydrogen-bond donors (Lipinski definition) is 1. The zero-order chi connectivity index (χ0) is 14.7. The lowest BCUT2D eigenvalue weighted by Crippen LogP contribution is -2.12.